The van der Waals surface area contributed by atoms with Crippen LogP contribution in [0.4, 0.5) is 9.93 Å². The second kappa shape index (κ2) is 4.97. The predicted octanol–water partition coefficient (Wildman–Crippen LogP) is 3.79. The maximum Gasteiger partial charge on any atom is 0.321 e. The van der Waals surface area contributed by atoms with Crippen LogP contribution in [-0.2, 0) is 0 Å². The number of nitrogens with one attached hydrogen (secondary N) is 2. The number of hydrogen-bond donors (Lipinski definition) is 2. The van der Waals surface area contributed by atoms with Crippen LogP contribution < -0.4 is 10.6 Å². The number of hydrogen-bond acceptors (Lipinski definition) is 3. The summed E-state index contributed by atoms with van der Waals surface area (Å²) in [5.41, 5.74) is 0.394. The third-order valence-electron chi connectivity index (χ3n) is 5.63. The minimum absolute atomic E-state index is 0.0971. The Labute approximate surface area is 129 Å². The lowest BCUT2D eigenvalue weighted by molar-refractivity contribution is -0.0496. The maximum atomic E-state index is 12.1. The lowest BCUT2D eigenvalue weighted by Gasteiger charge is -2.56. The molecule has 2 amide bonds. The fraction of sp³-hybridized carbons (Fsp3) is 0.750. The fourth-order valence-electron chi connectivity index (χ4n) is 5.33. The number of anilines is 1. The topological polar surface area (TPSA) is 54.0 Å². The highest BCUT2D eigenvalue weighted by Crippen LogP contribution is 2.59. The Balaban J connectivity index is 1.35. The van der Waals surface area contributed by atoms with E-state index in [0.29, 0.717) is 10.5 Å². The van der Waals surface area contributed by atoms with Crippen LogP contribution in [0.2, 0.25) is 0 Å². The SMILES string of the molecule is Cc1cnc(NC(=O)NCC23CC4CC(CC(C4)C2)C3)s1. The molecule has 4 saturated carbocycles. The van der Waals surface area contributed by atoms with E-state index < -0.39 is 0 Å². The highest BCUT2D eigenvalue weighted by atomic mass is 32.1. The van der Waals surface area contributed by atoms with Gasteiger partial charge in [-0.15, -0.1) is 11.3 Å². The Kier molecular flexibility index (Phi) is 3.21. The summed E-state index contributed by atoms with van der Waals surface area (Å²) in [4.78, 5) is 17.4. The van der Waals surface area contributed by atoms with Gasteiger partial charge in [0.15, 0.2) is 5.13 Å². The number of aromatic nitrogens is 1. The number of rotatable bonds is 3. The molecule has 1 aromatic heterocycles. The first-order valence-corrected chi connectivity index (χ1v) is 8.89. The first-order chi connectivity index (χ1) is 10.1. The molecule has 1 aromatic rings. The van der Waals surface area contributed by atoms with Gasteiger partial charge in [0.25, 0.3) is 0 Å². The van der Waals surface area contributed by atoms with E-state index in [9.17, 15) is 4.79 Å². The largest absolute Gasteiger partial charge is 0.337 e. The molecule has 4 fully saturated rings. The molecule has 0 spiro atoms. The van der Waals surface area contributed by atoms with Crippen molar-refractivity contribution in [2.45, 2.75) is 45.4 Å². The van der Waals surface area contributed by atoms with Gasteiger partial charge in [0.05, 0.1) is 0 Å². The van der Waals surface area contributed by atoms with Gasteiger partial charge in [0, 0.05) is 17.6 Å². The molecule has 4 aliphatic rings. The summed E-state index contributed by atoms with van der Waals surface area (Å²) in [6.45, 7) is 2.84. The molecule has 0 aromatic carbocycles. The third kappa shape index (κ3) is 2.68. The van der Waals surface area contributed by atoms with Crippen molar-refractivity contribution in [3.63, 3.8) is 0 Å². The van der Waals surface area contributed by atoms with E-state index in [4.69, 9.17) is 0 Å². The normalized spacial score (nSPS) is 36.7. The number of nitrogens with zero attached hydrogens (tertiary/aromatic N) is 1. The van der Waals surface area contributed by atoms with Crippen LogP contribution in [0.3, 0.4) is 0 Å². The van der Waals surface area contributed by atoms with Crippen LogP contribution in [-0.4, -0.2) is 17.6 Å². The third-order valence-corrected chi connectivity index (χ3v) is 6.46. The van der Waals surface area contributed by atoms with Crippen molar-refractivity contribution < 1.29 is 4.79 Å². The highest BCUT2D eigenvalue weighted by molar-refractivity contribution is 7.15. The van der Waals surface area contributed by atoms with Crippen LogP contribution in [0.25, 0.3) is 0 Å². The molecule has 2 N–H and O–H groups in total. The molecule has 0 aliphatic heterocycles. The standard InChI is InChI=1S/C16H23N3OS/c1-10-8-17-15(21-10)19-14(20)18-9-16-5-11-2-12(6-16)4-13(3-11)7-16/h8,11-13H,2-7,9H2,1H3,(H2,17,18,19,20). The summed E-state index contributed by atoms with van der Waals surface area (Å²) < 4.78 is 0. The van der Waals surface area contributed by atoms with Gasteiger partial charge in [-0.1, -0.05) is 0 Å². The van der Waals surface area contributed by atoms with Gasteiger partial charge in [0.2, 0.25) is 0 Å². The zero-order valence-electron chi connectivity index (χ0n) is 12.5. The molecule has 0 radical (unpaired) electrons. The van der Waals surface area contributed by atoms with Gasteiger partial charge in [-0.3, -0.25) is 5.32 Å². The van der Waals surface area contributed by atoms with Gasteiger partial charge in [0.1, 0.15) is 0 Å². The lowest BCUT2D eigenvalue weighted by Crippen LogP contribution is -2.51. The minimum Gasteiger partial charge on any atom is -0.337 e. The number of aryl methyl sites for hydroxylation is 1. The molecular weight excluding hydrogens is 282 g/mol. The molecule has 21 heavy (non-hydrogen) atoms. The van der Waals surface area contributed by atoms with E-state index >= 15 is 0 Å². The summed E-state index contributed by atoms with van der Waals surface area (Å²) in [6, 6.07) is -0.0971. The quantitative estimate of drug-likeness (QED) is 0.892. The van der Waals surface area contributed by atoms with Gasteiger partial charge in [-0.2, -0.15) is 0 Å². The van der Waals surface area contributed by atoms with Crippen LogP contribution in [0.1, 0.15) is 43.4 Å². The van der Waals surface area contributed by atoms with Crippen molar-refractivity contribution in [2.24, 2.45) is 23.2 Å². The van der Waals surface area contributed by atoms with E-state index in [1.165, 1.54) is 49.9 Å². The number of carbonyl (C=O) groups excluding carboxylic acids is 1. The van der Waals surface area contributed by atoms with Crippen LogP contribution >= 0.6 is 11.3 Å². The summed E-state index contributed by atoms with van der Waals surface area (Å²) in [5, 5.41) is 6.66. The number of amides is 2. The minimum atomic E-state index is -0.0971. The van der Waals surface area contributed by atoms with Crippen molar-refractivity contribution in [2.75, 3.05) is 11.9 Å². The Morgan fingerprint density at radius 1 is 1.29 bits per heavy atom. The maximum absolute atomic E-state index is 12.1. The highest BCUT2D eigenvalue weighted by Gasteiger charge is 2.50. The molecule has 0 unspecified atom stereocenters. The van der Waals surface area contributed by atoms with Gasteiger partial charge in [-0.25, -0.2) is 9.78 Å². The predicted molar refractivity (Wildman–Crippen MR) is 84.5 cm³/mol. The molecule has 0 atom stereocenters. The van der Waals surface area contributed by atoms with Crippen molar-refractivity contribution in [1.82, 2.24) is 10.3 Å². The fourth-order valence-corrected chi connectivity index (χ4v) is 5.99. The van der Waals surface area contributed by atoms with E-state index in [-0.39, 0.29) is 6.03 Å². The molecule has 4 nitrogen and oxygen atoms in total. The summed E-state index contributed by atoms with van der Waals surface area (Å²) in [6.07, 6.45) is 10.1. The van der Waals surface area contributed by atoms with Crippen molar-refractivity contribution >= 4 is 22.5 Å². The van der Waals surface area contributed by atoms with E-state index in [1.807, 2.05) is 6.92 Å². The molecule has 4 aliphatic carbocycles. The molecule has 1 heterocycles. The van der Waals surface area contributed by atoms with Crippen molar-refractivity contribution in [3.05, 3.63) is 11.1 Å². The Hall–Kier alpha value is -1.10. The first-order valence-electron chi connectivity index (χ1n) is 8.07. The first kappa shape index (κ1) is 13.6. The molecule has 5 heteroatoms. The van der Waals surface area contributed by atoms with Crippen LogP contribution in [0.5, 0.6) is 0 Å². The Morgan fingerprint density at radius 2 is 1.90 bits per heavy atom. The second-order valence-corrected chi connectivity index (χ2v) is 8.74. The van der Waals surface area contributed by atoms with E-state index in [0.717, 1.165) is 29.2 Å². The molecule has 0 saturated heterocycles. The molecule has 4 bridgehead atoms. The van der Waals surface area contributed by atoms with Crippen molar-refractivity contribution in [1.29, 1.82) is 0 Å². The van der Waals surface area contributed by atoms with E-state index in [1.54, 1.807) is 6.20 Å². The number of thiazole rings is 1. The molecule has 114 valence electrons. The summed E-state index contributed by atoms with van der Waals surface area (Å²) >= 11 is 1.52. The van der Waals surface area contributed by atoms with E-state index in [2.05, 4.69) is 15.6 Å². The van der Waals surface area contributed by atoms with Crippen molar-refractivity contribution in [3.8, 4) is 0 Å². The molecule has 5 rings (SSSR count). The van der Waals surface area contributed by atoms with Gasteiger partial charge >= 0.3 is 6.03 Å². The Morgan fingerprint density at radius 3 is 2.43 bits per heavy atom. The van der Waals surface area contributed by atoms with Gasteiger partial charge < -0.3 is 5.32 Å². The monoisotopic (exact) mass is 305 g/mol. The Bertz CT molecular complexity index is 518. The lowest BCUT2D eigenvalue weighted by atomic mass is 9.49. The number of carbonyl (C=O) groups is 1. The smallest absolute Gasteiger partial charge is 0.321 e. The zero-order chi connectivity index (χ0) is 14.4. The molecular formula is C16H23N3OS. The summed E-state index contributed by atoms with van der Waals surface area (Å²) in [5.74, 6) is 2.80. The van der Waals surface area contributed by atoms with Crippen LogP contribution in [0, 0.1) is 30.1 Å². The van der Waals surface area contributed by atoms with Crippen LogP contribution in [0.15, 0.2) is 6.20 Å². The summed E-state index contributed by atoms with van der Waals surface area (Å²) in [7, 11) is 0. The number of urea groups is 1. The average molecular weight is 305 g/mol. The zero-order valence-corrected chi connectivity index (χ0v) is 13.3. The van der Waals surface area contributed by atoms with Gasteiger partial charge in [-0.05, 0) is 68.6 Å². The second-order valence-electron chi connectivity index (χ2n) is 7.50. The average Bonchev–Trinajstić information content (AvgIpc) is 2.80.